The fraction of sp³-hybridized carbons (Fsp3) is 0.333. The van der Waals surface area contributed by atoms with E-state index in [2.05, 4.69) is 9.97 Å². The maximum Gasteiger partial charge on any atom is 0.243 e. The van der Waals surface area contributed by atoms with Crippen molar-refractivity contribution in [2.75, 3.05) is 5.75 Å². The summed E-state index contributed by atoms with van der Waals surface area (Å²) in [6.45, 7) is 0. The van der Waals surface area contributed by atoms with Crippen LogP contribution in [-0.4, -0.2) is 26.8 Å². The average Bonchev–Trinajstić information content (AvgIpc) is 2.79. The fourth-order valence-electron chi connectivity index (χ4n) is 1.64. The Bertz CT molecular complexity index is 573. The molecule has 0 fully saturated rings. The molecule has 0 bridgehead atoms. The van der Waals surface area contributed by atoms with Crippen LogP contribution < -0.4 is 5.48 Å². The number of carbonyl (C=O) groups excluding carboxylic acids is 1. The van der Waals surface area contributed by atoms with Gasteiger partial charge in [0.2, 0.25) is 5.91 Å². The van der Waals surface area contributed by atoms with Crippen molar-refractivity contribution in [3.05, 3.63) is 23.2 Å². The van der Waals surface area contributed by atoms with Crippen molar-refractivity contribution in [3.63, 3.8) is 0 Å². The highest BCUT2D eigenvalue weighted by atomic mass is 35.5. The summed E-state index contributed by atoms with van der Waals surface area (Å²) >= 11 is 7.51. The summed E-state index contributed by atoms with van der Waals surface area (Å²) < 4.78 is 0. The molecule has 0 unspecified atom stereocenters. The van der Waals surface area contributed by atoms with Crippen molar-refractivity contribution < 1.29 is 10.0 Å². The van der Waals surface area contributed by atoms with Gasteiger partial charge in [-0.2, -0.15) is 0 Å². The number of amides is 1. The van der Waals surface area contributed by atoms with Gasteiger partial charge in [-0.05, 0) is 31.0 Å². The Morgan fingerprint density at radius 3 is 3.11 bits per heavy atom. The molecule has 0 radical (unpaired) electrons. The second kappa shape index (κ2) is 6.79. The summed E-state index contributed by atoms with van der Waals surface area (Å²) in [6.07, 6.45) is 1.97. The lowest BCUT2D eigenvalue weighted by molar-refractivity contribution is -0.129. The van der Waals surface area contributed by atoms with Gasteiger partial charge in [0.15, 0.2) is 5.16 Å². The standard InChI is InChI=1S/C12H14ClN3O2S/c13-8-4-5-9-10(7-8)15-12(14-9)19-6-2-1-3-11(17)16-18/h4-5,7,18H,1-3,6H2,(H,14,15)(H,16,17). The molecule has 0 spiro atoms. The van der Waals surface area contributed by atoms with E-state index < -0.39 is 0 Å². The normalized spacial score (nSPS) is 10.8. The van der Waals surface area contributed by atoms with Crippen molar-refractivity contribution in [3.8, 4) is 0 Å². The number of nitrogens with zero attached hydrogens (tertiary/aromatic N) is 1. The van der Waals surface area contributed by atoms with Crippen molar-refractivity contribution in [2.24, 2.45) is 0 Å². The second-order valence-corrected chi connectivity index (χ2v) is 5.56. The highest BCUT2D eigenvalue weighted by molar-refractivity contribution is 7.99. The maximum atomic E-state index is 10.8. The molecule has 1 heterocycles. The minimum atomic E-state index is -0.344. The van der Waals surface area contributed by atoms with Crippen LogP contribution in [0.3, 0.4) is 0 Å². The fourth-order valence-corrected chi connectivity index (χ4v) is 2.70. The van der Waals surface area contributed by atoms with E-state index in [4.69, 9.17) is 16.8 Å². The van der Waals surface area contributed by atoms with Gasteiger partial charge in [-0.3, -0.25) is 10.0 Å². The number of imidazole rings is 1. The molecule has 0 atom stereocenters. The SMILES string of the molecule is O=C(CCCCSc1nc2ccc(Cl)cc2[nH]1)NO. The minimum absolute atomic E-state index is 0.340. The van der Waals surface area contributed by atoms with E-state index in [0.29, 0.717) is 11.4 Å². The minimum Gasteiger partial charge on any atom is -0.333 e. The third-order valence-electron chi connectivity index (χ3n) is 2.58. The number of hydrogen-bond acceptors (Lipinski definition) is 4. The third-order valence-corrected chi connectivity index (χ3v) is 3.78. The van der Waals surface area contributed by atoms with E-state index in [1.807, 2.05) is 18.2 Å². The largest absolute Gasteiger partial charge is 0.333 e. The lowest BCUT2D eigenvalue weighted by Crippen LogP contribution is -2.17. The van der Waals surface area contributed by atoms with Gasteiger partial charge in [0, 0.05) is 17.2 Å². The smallest absolute Gasteiger partial charge is 0.243 e. The Hall–Kier alpha value is -1.24. The third kappa shape index (κ3) is 4.12. The van der Waals surface area contributed by atoms with Crippen LogP contribution in [0, 0.1) is 0 Å². The Kier molecular flexibility index (Phi) is 5.07. The number of nitrogens with one attached hydrogen (secondary N) is 2. The monoisotopic (exact) mass is 299 g/mol. The van der Waals surface area contributed by atoms with Crippen LogP contribution in [0.15, 0.2) is 23.4 Å². The number of benzene rings is 1. The molecule has 7 heteroatoms. The summed E-state index contributed by atoms with van der Waals surface area (Å²) in [6, 6.07) is 5.54. The van der Waals surface area contributed by atoms with Gasteiger partial charge in [-0.1, -0.05) is 23.4 Å². The van der Waals surface area contributed by atoms with E-state index in [1.54, 1.807) is 17.2 Å². The molecular formula is C12H14ClN3O2S. The molecule has 2 rings (SSSR count). The molecule has 102 valence electrons. The van der Waals surface area contributed by atoms with Crippen LogP contribution in [0.1, 0.15) is 19.3 Å². The zero-order chi connectivity index (χ0) is 13.7. The Morgan fingerprint density at radius 2 is 2.32 bits per heavy atom. The Morgan fingerprint density at radius 1 is 1.47 bits per heavy atom. The number of unbranched alkanes of at least 4 members (excludes halogenated alkanes) is 1. The molecule has 1 aromatic heterocycles. The van der Waals surface area contributed by atoms with E-state index in [-0.39, 0.29) is 5.91 Å². The molecule has 2 aromatic rings. The first-order valence-corrected chi connectivity index (χ1v) is 7.26. The van der Waals surface area contributed by atoms with Crippen molar-refractivity contribution in [1.29, 1.82) is 0 Å². The van der Waals surface area contributed by atoms with Crippen LogP contribution in [-0.2, 0) is 4.79 Å². The van der Waals surface area contributed by atoms with Crippen LogP contribution >= 0.6 is 23.4 Å². The van der Waals surface area contributed by atoms with Crippen molar-refractivity contribution >= 4 is 40.3 Å². The van der Waals surface area contributed by atoms with Gasteiger partial charge in [-0.15, -0.1) is 0 Å². The zero-order valence-corrected chi connectivity index (χ0v) is 11.7. The number of fused-ring (bicyclic) bond motifs is 1. The van der Waals surface area contributed by atoms with Crippen LogP contribution in [0.5, 0.6) is 0 Å². The first-order chi connectivity index (χ1) is 9.19. The molecular weight excluding hydrogens is 286 g/mol. The molecule has 1 aromatic carbocycles. The van der Waals surface area contributed by atoms with Crippen LogP contribution in [0.4, 0.5) is 0 Å². The molecule has 0 aliphatic heterocycles. The number of thioether (sulfide) groups is 1. The molecule has 19 heavy (non-hydrogen) atoms. The number of hydroxylamine groups is 1. The molecule has 0 saturated carbocycles. The molecule has 1 amide bonds. The Balaban J connectivity index is 1.80. The summed E-state index contributed by atoms with van der Waals surface area (Å²) in [4.78, 5) is 18.4. The van der Waals surface area contributed by atoms with Gasteiger partial charge in [0.1, 0.15) is 0 Å². The number of aromatic nitrogens is 2. The first-order valence-electron chi connectivity index (χ1n) is 5.90. The van der Waals surface area contributed by atoms with Gasteiger partial charge < -0.3 is 4.98 Å². The average molecular weight is 300 g/mol. The number of H-pyrrole nitrogens is 1. The summed E-state index contributed by atoms with van der Waals surface area (Å²) in [5, 5.41) is 9.88. The van der Waals surface area contributed by atoms with Gasteiger partial charge >= 0.3 is 0 Å². The number of hydrogen-bond donors (Lipinski definition) is 3. The van der Waals surface area contributed by atoms with Gasteiger partial charge in [0.05, 0.1) is 11.0 Å². The molecule has 3 N–H and O–H groups in total. The highest BCUT2D eigenvalue weighted by Gasteiger charge is 2.04. The number of rotatable bonds is 6. The summed E-state index contributed by atoms with van der Waals surface area (Å²) in [5.74, 6) is 0.523. The van der Waals surface area contributed by atoms with E-state index in [0.717, 1.165) is 34.8 Å². The number of aromatic amines is 1. The van der Waals surface area contributed by atoms with E-state index in [9.17, 15) is 4.79 Å². The molecule has 0 aliphatic carbocycles. The summed E-state index contributed by atoms with van der Waals surface area (Å²) in [5.41, 5.74) is 3.44. The van der Waals surface area contributed by atoms with Crippen molar-refractivity contribution in [1.82, 2.24) is 15.4 Å². The van der Waals surface area contributed by atoms with Crippen molar-refractivity contribution in [2.45, 2.75) is 24.4 Å². The lowest BCUT2D eigenvalue weighted by Gasteiger charge is -1.98. The highest BCUT2D eigenvalue weighted by Crippen LogP contribution is 2.22. The predicted octanol–water partition coefficient (Wildman–Crippen LogP) is 2.98. The second-order valence-electron chi connectivity index (χ2n) is 4.04. The summed E-state index contributed by atoms with van der Waals surface area (Å²) in [7, 11) is 0. The predicted molar refractivity (Wildman–Crippen MR) is 75.6 cm³/mol. The number of carbonyl (C=O) groups is 1. The van der Waals surface area contributed by atoms with E-state index >= 15 is 0 Å². The van der Waals surface area contributed by atoms with Crippen LogP contribution in [0.25, 0.3) is 11.0 Å². The zero-order valence-electron chi connectivity index (χ0n) is 10.1. The van der Waals surface area contributed by atoms with Gasteiger partial charge in [-0.25, -0.2) is 10.5 Å². The Labute approximate surface area is 119 Å². The maximum absolute atomic E-state index is 10.8. The number of halogens is 1. The quantitative estimate of drug-likeness (QED) is 0.332. The molecule has 5 nitrogen and oxygen atoms in total. The first kappa shape index (κ1) is 14.2. The van der Waals surface area contributed by atoms with E-state index in [1.165, 1.54) is 0 Å². The molecule has 0 saturated heterocycles. The molecule has 0 aliphatic rings. The van der Waals surface area contributed by atoms with Gasteiger partial charge in [0.25, 0.3) is 0 Å². The lowest BCUT2D eigenvalue weighted by atomic mass is 10.2. The topological polar surface area (TPSA) is 78.0 Å². The van der Waals surface area contributed by atoms with Crippen LogP contribution in [0.2, 0.25) is 5.02 Å².